The summed E-state index contributed by atoms with van der Waals surface area (Å²) in [5.41, 5.74) is 5.81. The Morgan fingerprint density at radius 2 is 1.62 bits per heavy atom. The van der Waals surface area contributed by atoms with Crippen LogP contribution in [0.2, 0.25) is 0 Å². The van der Waals surface area contributed by atoms with Crippen molar-refractivity contribution in [1.29, 1.82) is 0 Å². The van der Waals surface area contributed by atoms with Gasteiger partial charge in [-0.1, -0.05) is 54.4 Å². The van der Waals surface area contributed by atoms with Gasteiger partial charge in [0.25, 0.3) is 5.91 Å². The minimum absolute atomic E-state index is 0.294. The second kappa shape index (κ2) is 13.8. The van der Waals surface area contributed by atoms with Gasteiger partial charge in [0, 0.05) is 43.0 Å². The number of aliphatic hydroxyl groups is 1. The molecule has 1 heterocycles. The molecule has 0 saturated carbocycles. The molecule has 0 saturated heterocycles. The van der Waals surface area contributed by atoms with Gasteiger partial charge in [0.05, 0.1) is 30.5 Å². The van der Waals surface area contributed by atoms with Crippen molar-refractivity contribution in [3.63, 3.8) is 0 Å². The van der Waals surface area contributed by atoms with Crippen molar-refractivity contribution in [2.75, 3.05) is 31.8 Å². The number of carbonyl (C=O) groups excluding carboxylic acids is 2. The Balaban J connectivity index is 0.00000198. The molecule has 0 fully saturated rings. The van der Waals surface area contributed by atoms with Crippen molar-refractivity contribution in [2.45, 2.75) is 6.54 Å². The predicted molar refractivity (Wildman–Crippen MR) is 166 cm³/mol. The second-order valence-corrected chi connectivity index (χ2v) is 9.84. The van der Waals surface area contributed by atoms with Gasteiger partial charge in [0.15, 0.2) is 0 Å². The molecule has 0 spiro atoms. The van der Waals surface area contributed by atoms with E-state index in [4.69, 9.17) is 14.3 Å². The van der Waals surface area contributed by atoms with Gasteiger partial charge < -0.3 is 23.9 Å². The lowest BCUT2D eigenvalue weighted by atomic mass is 9.98. The Labute approximate surface area is 248 Å². The quantitative estimate of drug-likeness (QED) is 0.150. The first-order chi connectivity index (χ1) is 20.4. The van der Waals surface area contributed by atoms with Crippen molar-refractivity contribution in [2.24, 2.45) is 0 Å². The molecule has 5 aromatic rings. The monoisotopic (exact) mass is 586 g/mol. The van der Waals surface area contributed by atoms with Crippen LogP contribution in [0, 0.1) is 5.82 Å². The number of rotatable bonds is 8. The number of benzene rings is 4. The first-order valence-corrected chi connectivity index (χ1v) is 14.2. The zero-order chi connectivity index (χ0) is 30.2. The average molecular weight is 587 g/mol. The molecule has 1 amide bonds. The Morgan fingerprint density at radius 1 is 0.952 bits per heavy atom. The van der Waals surface area contributed by atoms with Crippen LogP contribution in [0.5, 0.6) is 0 Å². The number of esters is 1. The lowest BCUT2D eigenvalue weighted by Gasteiger charge is -2.25. The van der Waals surface area contributed by atoms with E-state index in [1.807, 2.05) is 60.9 Å². The highest BCUT2D eigenvalue weighted by Gasteiger charge is 2.25. The lowest BCUT2D eigenvalue weighted by molar-refractivity contribution is 0.0600. The van der Waals surface area contributed by atoms with E-state index in [0.29, 0.717) is 40.0 Å². The zero-order valence-corrected chi connectivity index (χ0v) is 24.5. The highest BCUT2D eigenvalue weighted by Crippen LogP contribution is 2.42. The Bertz CT molecular complexity index is 1670. The van der Waals surface area contributed by atoms with E-state index in [0.717, 1.165) is 29.5 Å². The fourth-order valence-corrected chi connectivity index (χ4v) is 5.25. The van der Waals surface area contributed by atoms with Crippen LogP contribution >= 0.6 is 11.9 Å². The molecule has 216 valence electrons. The normalized spacial score (nSPS) is 10.5. The Hall–Kier alpha value is -4.60. The Kier molecular flexibility index (Phi) is 10.0. The number of amides is 1. The van der Waals surface area contributed by atoms with Gasteiger partial charge in [-0.05, 0) is 53.6 Å². The summed E-state index contributed by atoms with van der Waals surface area (Å²) >= 11 is 1.55. The van der Waals surface area contributed by atoms with Gasteiger partial charge in [-0.3, -0.25) is 4.79 Å². The number of hydrogen-bond donors (Lipinski definition) is 2. The van der Waals surface area contributed by atoms with Crippen LogP contribution in [-0.2, 0) is 11.3 Å². The summed E-state index contributed by atoms with van der Waals surface area (Å²) in [5, 5.41) is 10.4. The van der Waals surface area contributed by atoms with Crippen LogP contribution in [0.3, 0.4) is 0 Å². The summed E-state index contributed by atoms with van der Waals surface area (Å²) in [4.78, 5) is 25.0. The van der Waals surface area contributed by atoms with Gasteiger partial charge in [-0.25, -0.2) is 9.18 Å². The third-order valence-corrected chi connectivity index (χ3v) is 7.41. The number of carbonyl (C=O) groups is 2. The average Bonchev–Trinajstić information content (AvgIpc) is 3.42. The van der Waals surface area contributed by atoms with E-state index >= 15 is 0 Å². The van der Waals surface area contributed by atoms with Crippen LogP contribution in [0.25, 0.3) is 33.4 Å². The number of furan rings is 1. The minimum Gasteiger partial charge on any atom is -0.465 e. The van der Waals surface area contributed by atoms with Crippen LogP contribution in [0.1, 0.15) is 26.3 Å². The van der Waals surface area contributed by atoms with Gasteiger partial charge >= 0.3 is 5.97 Å². The van der Waals surface area contributed by atoms with Crippen LogP contribution in [0.15, 0.2) is 95.4 Å². The van der Waals surface area contributed by atoms with Gasteiger partial charge in [-0.15, -0.1) is 0 Å². The summed E-state index contributed by atoms with van der Waals surface area (Å²) in [7, 11) is 3.93. The number of fused-ring (bicyclic) bond motifs is 1. The third-order valence-electron chi connectivity index (χ3n) is 6.64. The van der Waals surface area contributed by atoms with E-state index in [-0.39, 0.29) is 17.7 Å². The van der Waals surface area contributed by atoms with E-state index in [2.05, 4.69) is 9.62 Å². The lowest BCUT2D eigenvalue weighted by Crippen LogP contribution is -2.18. The van der Waals surface area contributed by atoms with E-state index < -0.39 is 0 Å². The molecule has 5 rings (SSSR count). The Morgan fingerprint density at radius 3 is 2.21 bits per heavy atom. The highest BCUT2D eigenvalue weighted by atomic mass is 32.2. The fraction of sp³-hybridized carbons (Fsp3) is 0.152. The molecule has 1 aromatic heterocycles. The van der Waals surface area contributed by atoms with E-state index in [9.17, 15) is 14.0 Å². The molecule has 7 nitrogen and oxygen atoms in total. The van der Waals surface area contributed by atoms with Gasteiger partial charge in [0.2, 0.25) is 0 Å². The van der Waals surface area contributed by atoms with Crippen molar-refractivity contribution in [3.05, 3.63) is 114 Å². The summed E-state index contributed by atoms with van der Waals surface area (Å²) in [5.74, 6) is -0.672. The van der Waals surface area contributed by atoms with Crippen molar-refractivity contribution >= 4 is 40.5 Å². The van der Waals surface area contributed by atoms with Gasteiger partial charge in [-0.2, -0.15) is 0 Å². The number of nitrogens with zero attached hydrogens (tertiary/aromatic N) is 1. The highest BCUT2D eigenvalue weighted by molar-refractivity contribution is 7.99. The number of nitrogens with one attached hydrogen (secondary N) is 1. The van der Waals surface area contributed by atoms with E-state index in [1.165, 1.54) is 19.2 Å². The standard InChI is InChI=1S/C32H27FN2O4S.CH4O/c1-34-31(36)29-26-17-25(21-7-5-4-6-8-21)27(18-28(26)39-30(29)22-13-15-24(33)16-14-22)35(40-3)19-20-9-11-23(12-10-20)32(37)38-2;1-2/h4-18H,19H2,1-3H3,(H,34,36);2H,1H3. The van der Waals surface area contributed by atoms with Crippen LogP contribution in [-0.4, -0.2) is 44.5 Å². The summed E-state index contributed by atoms with van der Waals surface area (Å²) in [6.45, 7) is 0.543. The molecule has 0 bridgehead atoms. The molecule has 0 unspecified atom stereocenters. The maximum atomic E-state index is 13.7. The topological polar surface area (TPSA) is 92.0 Å². The van der Waals surface area contributed by atoms with Gasteiger partial charge in [0.1, 0.15) is 17.2 Å². The number of hydrogen-bond acceptors (Lipinski definition) is 7. The SMILES string of the molecule is CNC(=O)c1c(-c2ccc(F)cc2)oc2cc(N(Cc3ccc(C(=O)OC)cc3)SC)c(-c3ccccc3)cc12.CO. The number of ether oxygens (including phenoxy) is 1. The molecule has 9 heteroatoms. The molecule has 0 aliphatic heterocycles. The largest absolute Gasteiger partial charge is 0.465 e. The number of halogens is 1. The second-order valence-electron chi connectivity index (χ2n) is 9.03. The zero-order valence-electron chi connectivity index (χ0n) is 23.7. The predicted octanol–water partition coefficient (Wildman–Crippen LogP) is 6.95. The van der Waals surface area contributed by atoms with E-state index in [1.54, 1.807) is 43.3 Å². The molecule has 0 radical (unpaired) electrons. The summed E-state index contributed by atoms with van der Waals surface area (Å²) in [6, 6.07) is 27.1. The fourth-order valence-electron chi connectivity index (χ4n) is 4.62. The van der Waals surface area contributed by atoms with Crippen LogP contribution < -0.4 is 9.62 Å². The number of aliphatic hydroxyl groups excluding tert-OH is 1. The smallest absolute Gasteiger partial charge is 0.337 e. The molecule has 4 aromatic carbocycles. The number of anilines is 1. The molecule has 2 N–H and O–H groups in total. The maximum Gasteiger partial charge on any atom is 0.337 e. The molecular formula is C33H31FN2O5S. The first-order valence-electron chi connectivity index (χ1n) is 13.0. The molecule has 42 heavy (non-hydrogen) atoms. The molecule has 0 atom stereocenters. The summed E-state index contributed by atoms with van der Waals surface area (Å²) < 4.78 is 26.9. The van der Waals surface area contributed by atoms with Crippen LogP contribution in [0.4, 0.5) is 10.1 Å². The van der Waals surface area contributed by atoms with Crippen molar-refractivity contribution in [1.82, 2.24) is 5.32 Å². The van der Waals surface area contributed by atoms with Crippen molar-refractivity contribution in [3.8, 4) is 22.5 Å². The molecule has 0 aliphatic carbocycles. The number of methoxy groups -OCH3 is 1. The van der Waals surface area contributed by atoms with Crippen molar-refractivity contribution < 1.29 is 28.2 Å². The maximum absolute atomic E-state index is 13.7. The molecular weight excluding hydrogens is 555 g/mol. The first kappa shape index (κ1) is 30.4. The minimum atomic E-state index is -0.383. The third kappa shape index (κ3) is 6.32. The molecule has 0 aliphatic rings. The summed E-state index contributed by atoms with van der Waals surface area (Å²) in [6.07, 6.45) is 1.99.